The molecule has 1 aliphatic heterocycles. The number of hydrogen-bond donors (Lipinski definition) is 1. The standard InChI is InChI=1S/C22H28N4O4/c1-29-19-12-17(22(28)25-13-15-4-5-16(10-15)14-25)11-18(21(19)30-2)24-20(27)6-9-26-8-3-7-23-26/h3,7-8,11-12,15-16H,4-6,9-10,13-14H2,1-2H3,(H,24,27)/t15-,16+. The molecule has 0 radical (unpaired) electrons. The molecule has 2 aliphatic rings. The Labute approximate surface area is 176 Å². The molecule has 8 nitrogen and oxygen atoms in total. The Morgan fingerprint density at radius 2 is 1.93 bits per heavy atom. The van der Waals surface area contributed by atoms with Gasteiger partial charge in [-0.05, 0) is 49.3 Å². The average molecular weight is 412 g/mol. The molecule has 4 rings (SSSR count). The molecule has 8 heteroatoms. The van der Waals surface area contributed by atoms with Crippen molar-refractivity contribution in [1.29, 1.82) is 0 Å². The summed E-state index contributed by atoms with van der Waals surface area (Å²) in [5.74, 6) is 1.82. The van der Waals surface area contributed by atoms with Gasteiger partial charge in [-0.1, -0.05) is 0 Å². The van der Waals surface area contributed by atoms with Gasteiger partial charge in [-0.3, -0.25) is 14.3 Å². The van der Waals surface area contributed by atoms with E-state index in [4.69, 9.17) is 9.47 Å². The molecule has 2 fully saturated rings. The van der Waals surface area contributed by atoms with E-state index in [-0.39, 0.29) is 18.2 Å². The molecular formula is C22H28N4O4. The molecule has 1 N–H and O–H groups in total. The third-order valence-corrected chi connectivity index (χ3v) is 6.02. The summed E-state index contributed by atoms with van der Waals surface area (Å²) in [6.45, 7) is 2.07. The molecule has 30 heavy (non-hydrogen) atoms. The maximum atomic E-state index is 13.2. The van der Waals surface area contributed by atoms with E-state index in [2.05, 4.69) is 10.4 Å². The fraction of sp³-hybridized carbons (Fsp3) is 0.500. The quantitative estimate of drug-likeness (QED) is 0.756. The first-order valence-electron chi connectivity index (χ1n) is 10.4. The summed E-state index contributed by atoms with van der Waals surface area (Å²) in [6, 6.07) is 5.19. The number of methoxy groups -OCH3 is 2. The Bertz CT molecular complexity index is 900. The molecule has 1 aromatic heterocycles. The second-order valence-corrected chi connectivity index (χ2v) is 8.08. The minimum atomic E-state index is -0.188. The first-order valence-corrected chi connectivity index (χ1v) is 10.4. The molecule has 1 saturated carbocycles. The number of rotatable bonds is 7. The number of anilines is 1. The summed E-state index contributed by atoms with van der Waals surface area (Å²) in [5.41, 5.74) is 0.932. The van der Waals surface area contributed by atoms with Crippen LogP contribution in [0.5, 0.6) is 11.5 Å². The zero-order valence-electron chi connectivity index (χ0n) is 17.5. The number of benzene rings is 1. The molecule has 1 aromatic carbocycles. The topological polar surface area (TPSA) is 85.7 Å². The van der Waals surface area contributed by atoms with E-state index in [0.717, 1.165) is 13.1 Å². The second kappa shape index (κ2) is 8.77. The second-order valence-electron chi connectivity index (χ2n) is 8.08. The van der Waals surface area contributed by atoms with Crippen molar-refractivity contribution in [3.05, 3.63) is 36.2 Å². The van der Waals surface area contributed by atoms with Gasteiger partial charge in [-0.2, -0.15) is 5.10 Å². The maximum Gasteiger partial charge on any atom is 0.254 e. The van der Waals surface area contributed by atoms with Gasteiger partial charge in [0.15, 0.2) is 11.5 Å². The van der Waals surface area contributed by atoms with Crippen molar-refractivity contribution in [2.45, 2.75) is 32.2 Å². The van der Waals surface area contributed by atoms with E-state index in [1.807, 2.05) is 17.2 Å². The largest absolute Gasteiger partial charge is 0.493 e. The Morgan fingerprint density at radius 1 is 1.17 bits per heavy atom. The lowest BCUT2D eigenvalue weighted by atomic mass is 9.98. The Hall–Kier alpha value is -3.03. The van der Waals surface area contributed by atoms with Gasteiger partial charge in [0.25, 0.3) is 5.91 Å². The number of likely N-dealkylation sites (tertiary alicyclic amines) is 1. The van der Waals surface area contributed by atoms with Crippen LogP contribution in [0.2, 0.25) is 0 Å². The number of piperidine rings is 1. The smallest absolute Gasteiger partial charge is 0.254 e. The molecule has 2 atom stereocenters. The zero-order chi connectivity index (χ0) is 21.1. The minimum absolute atomic E-state index is 0.0282. The number of nitrogens with one attached hydrogen (secondary N) is 1. The lowest BCUT2D eigenvalue weighted by Crippen LogP contribution is -2.40. The van der Waals surface area contributed by atoms with Crippen LogP contribution in [-0.4, -0.2) is 53.8 Å². The Balaban J connectivity index is 1.53. The van der Waals surface area contributed by atoms with Crippen LogP contribution in [0.25, 0.3) is 0 Å². The summed E-state index contributed by atoms with van der Waals surface area (Å²) >= 11 is 0. The SMILES string of the molecule is COc1cc(C(=O)N2C[C@@H]3CC[C@@H](C3)C2)cc(NC(=O)CCn2cccn2)c1OC. The summed E-state index contributed by atoms with van der Waals surface area (Å²) in [7, 11) is 3.04. The van der Waals surface area contributed by atoms with Gasteiger partial charge in [0, 0.05) is 44.0 Å². The number of aromatic nitrogens is 2. The van der Waals surface area contributed by atoms with Crippen LogP contribution in [0.3, 0.4) is 0 Å². The van der Waals surface area contributed by atoms with Crippen molar-refractivity contribution in [2.75, 3.05) is 32.6 Å². The number of fused-ring (bicyclic) bond motifs is 2. The van der Waals surface area contributed by atoms with Gasteiger partial charge < -0.3 is 19.7 Å². The summed E-state index contributed by atoms with van der Waals surface area (Å²) in [6.07, 6.45) is 7.37. The van der Waals surface area contributed by atoms with E-state index < -0.39 is 0 Å². The fourth-order valence-electron chi connectivity index (χ4n) is 4.60. The number of carbonyl (C=O) groups excluding carboxylic acids is 2. The lowest BCUT2D eigenvalue weighted by molar-refractivity contribution is -0.116. The number of aryl methyl sites for hydroxylation is 1. The molecule has 2 amide bonds. The van der Waals surface area contributed by atoms with Gasteiger partial charge in [-0.25, -0.2) is 0 Å². The monoisotopic (exact) mass is 412 g/mol. The number of ether oxygens (including phenoxy) is 2. The van der Waals surface area contributed by atoms with Gasteiger partial charge in [0.05, 0.1) is 19.9 Å². The number of nitrogens with zero attached hydrogens (tertiary/aromatic N) is 3. The molecule has 1 aliphatic carbocycles. The van der Waals surface area contributed by atoms with Crippen LogP contribution >= 0.6 is 0 Å². The van der Waals surface area contributed by atoms with Crippen LogP contribution in [-0.2, 0) is 11.3 Å². The number of hydrogen-bond acceptors (Lipinski definition) is 5. The predicted molar refractivity (Wildman–Crippen MR) is 112 cm³/mol. The first kappa shape index (κ1) is 20.3. The van der Waals surface area contributed by atoms with E-state index in [9.17, 15) is 9.59 Å². The third kappa shape index (κ3) is 4.27. The van der Waals surface area contributed by atoms with Crippen LogP contribution < -0.4 is 14.8 Å². The van der Waals surface area contributed by atoms with Crippen molar-refractivity contribution >= 4 is 17.5 Å². The van der Waals surface area contributed by atoms with E-state index in [1.165, 1.54) is 33.5 Å². The Kier molecular flexibility index (Phi) is 5.92. The molecular weight excluding hydrogens is 384 g/mol. The van der Waals surface area contributed by atoms with Crippen molar-refractivity contribution in [1.82, 2.24) is 14.7 Å². The summed E-state index contributed by atoms with van der Waals surface area (Å²) < 4.78 is 12.6. The first-order chi connectivity index (χ1) is 14.6. The highest BCUT2D eigenvalue weighted by molar-refractivity contribution is 5.99. The molecule has 1 saturated heterocycles. The molecule has 2 bridgehead atoms. The maximum absolute atomic E-state index is 13.2. The van der Waals surface area contributed by atoms with Crippen molar-refractivity contribution in [3.8, 4) is 11.5 Å². The predicted octanol–water partition coefficient (Wildman–Crippen LogP) is 2.80. The Morgan fingerprint density at radius 3 is 2.57 bits per heavy atom. The van der Waals surface area contributed by atoms with Crippen molar-refractivity contribution in [3.63, 3.8) is 0 Å². The van der Waals surface area contributed by atoms with Gasteiger partial charge in [0.1, 0.15) is 0 Å². The zero-order valence-corrected chi connectivity index (χ0v) is 17.5. The van der Waals surface area contributed by atoms with E-state index in [0.29, 0.717) is 41.1 Å². The highest BCUT2D eigenvalue weighted by atomic mass is 16.5. The average Bonchev–Trinajstić information content (AvgIpc) is 3.40. The van der Waals surface area contributed by atoms with Crippen molar-refractivity contribution in [2.24, 2.45) is 11.8 Å². The van der Waals surface area contributed by atoms with E-state index >= 15 is 0 Å². The van der Waals surface area contributed by atoms with Crippen LogP contribution in [0, 0.1) is 11.8 Å². The number of carbonyl (C=O) groups is 2. The highest BCUT2D eigenvalue weighted by Gasteiger charge is 2.35. The molecule has 2 aromatic rings. The lowest BCUT2D eigenvalue weighted by Gasteiger charge is -2.32. The number of amides is 2. The van der Waals surface area contributed by atoms with Crippen LogP contribution in [0.4, 0.5) is 5.69 Å². The van der Waals surface area contributed by atoms with Gasteiger partial charge in [0.2, 0.25) is 5.91 Å². The van der Waals surface area contributed by atoms with E-state index in [1.54, 1.807) is 23.0 Å². The van der Waals surface area contributed by atoms with Gasteiger partial charge in [-0.15, -0.1) is 0 Å². The fourth-order valence-corrected chi connectivity index (χ4v) is 4.60. The highest BCUT2D eigenvalue weighted by Crippen LogP contribution is 2.39. The molecule has 160 valence electrons. The van der Waals surface area contributed by atoms with Crippen LogP contribution in [0.15, 0.2) is 30.6 Å². The molecule has 0 unspecified atom stereocenters. The van der Waals surface area contributed by atoms with Crippen molar-refractivity contribution < 1.29 is 19.1 Å². The normalized spacial score (nSPS) is 20.1. The molecule has 0 spiro atoms. The summed E-state index contributed by atoms with van der Waals surface area (Å²) in [5, 5.41) is 6.98. The van der Waals surface area contributed by atoms with Gasteiger partial charge >= 0.3 is 0 Å². The third-order valence-electron chi connectivity index (χ3n) is 6.02. The summed E-state index contributed by atoms with van der Waals surface area (Å²) in [4.78, 5) is 27.7. The molecule has 2 heterocycles. The van der Waals surface area contributed by atoms with Crippen LogP contribution in [0.1, 0.15) is 36.0 Å². The minimum Gasteiger partial charge on any atom is -0.493 e.